The second-order valence-corrected chi connectivity index (χ2v) is 4.89. The van der Waals surface area contributed by atoms with Crippen molar-refractivity contribution >= 4 is 0 Å². The first kappa shape index (κ1) is 16.8. The molecule has 1 rings (SSSR count). The summed E-state index contributed by atoms with van der Waals surface area (Å²) in [6.07, 6.45) is -3.99. The highest BCUT2D eigenvalue weighted by Gasteiger charge is 2.28. The molecule has 0 radical (unpaired) electrons. The van der Waals surface area contributed by atoms with Gasteiger partial charge in [0.25, 0.3) is 0 Å². The Morgan fingerprint density at radius 3 is 2.55 bits per heavy atom. The van der Waals surface area contributed by atoms with E-state index in [4.69, 9.17) is 4.74 Å². The number of hydrogen-bond acceptors (Lipinski definition) is 2. The van der Waals surface area contributed by atoms with Gasteiger partial charge in [-0.15, -0.1) is 0 Å². The van der Waals surface area contributed by atoms with Gasteiger partial charge in [-0.25, -0.2) is 0 Å². The minimum absolute atomic E-state index is 0.0374. The summed E-state index contributed by atoms with van der Waals surface area (Å²) < 4.78 is 42.5. The average Bonchev–Trinajstić information content (AvgIpc) is 2.39. The largest absolute Gasteiger partial charge is 0.496 e. The number of benzene rings is 1. The molecule has 1 N–H and O–H groups in total. The third-order valence-electron chi connectivity index (χ3n) is 3.19. The van der Waals surface area contributed by atoms with Crippen molar-refractivity contribution in [3.63, 3.8) is 0 Å². The van der Waals surface area contributed by atoms with Crippen LogP contribution in [0, 0.1) is 6.92 Å². The number of nitrogens with one attached hydrogen (secondary N) is 1. The van der Waals surface area contributed by atoms with Gasteiger partial charge < -0.3 is 10.1 Å². The standard InChI is InChI=1S/C15H22F3NO/c1-4-9-19-13(7-8-15(16,17)18)12-6-5-11(2)14(10-12)20-3/h5-6,10,13,19H,4,7-9H2,1-3H3. The zero-order chi connectivity index (χ0) is 15.2. The van der Waals surface area contributed by atoms with Crippen molar-refractivity contribution in [2.24, 2.45) is 0 Å². The fraction of sp³-hybridized carbons (Fsp3) is 0.600. The lowest BCUT2D eigenvalue weighted by Crippen LogP contribution is -2.24. The van der Waals surface area contributed by atoms with Crippen LogP contribution in [-0.4, -0.2) is 19.8 Å². The van der Waals surface area contributed by atoms with Crippen molar-refractivity contribution in [2.75, 3.05) is 13.7 Å². The number of rotatable bonds is 7. The van der Waals surface area contributed by atoms with E-state index in [-0.39, 0.29) is 12.5 Å². The number of alkyl halides is 3. The average molecular weight is 289 g/mol. The van der Waals surface area contributed by atoms with Crippen molar-refractivity contribution in [2.45, 2.75) is 45.3 Å². The molecule has 0 saturated heterocycles. The summed E-state index contributed by atoms with van der Waals surface area (Å²) in [6.45, 7) is 4.59. The van der Waals surface area contributed by atoms with E-state index in [1.165, 1.54) is 0 Å². The van der Waals surface area contributed by atoms with Crippen LogP contribution in [-0.2, 0) is 0 Å². The monoisotopic (exact) mass is 289 g/mol. The number of aryl methyl sites for hydroxylation is 1. The summed E-state index contributed by atoms with van der Waals surface area (Å²) >= 11 is 0. The molecule has 2 nitrogen and oxygen atoms in total. The van der Waals surface area contributed by atoms with Crippen LogP contribution in [0.5, 0.6) is 5.75 Å². The van der Waals surface area contributed by atoms with Crippen LogP contribution in [0.2, 0.25) is 0 Å². The molecule has 1 aromatic rings. The molecule has 0 aliphatic carbocycles. The molecule has 1 unspecified atom stereocenters. The van der Waals surface area contributed by atoms with Crippen molar-refractivity contribution in [1.29, 1.82) is 0 Å². The Hall–Kier alpha value is -1.23. The Labute approximate surface area is 118 Å². The minimum Gasteiger partial charge on any atom is -0.496 e. The van der Waals surface area contributed by atoms with Crippen molar-refractivity contribution in [3.05, 3.63) is 29.3 Å². The molecule has 1 atom stereocenters. The smallest absolute Gasteiger partial charge is 0.389 e. The fourth-order valence-electron chi connectivity index (χ4n) is 2.07. The van der Waals surface area contributed by atoms with E-state index in [1.54, 1.807) is 7.11 Å². The van der Waals surface area contributed by atoms with Crippen LogP contribution in [0.25, 0.3) is 0 Å². The summed E-state index contributed by atoms with van der Waals surface area (Å²) in [5.74, 6) is 0.706. The van der Waals surface area contributed by atoms with E-state index in [0.717, 1.165) is 17.5 Å². The summed E-state index contributed by atoms with van der Waals surface area (Å²) in [5, 5.41) is 3.17. The molecule has 114 valence electrons. The molecule has 0 bridgehead atoms. The number of methoxy groups -OCH3 is 1. The molecule has 0 fully saturated rings. The van der Waals surface area contributed by atoms with E-state index < -0.39 is 12.6 Å². The normalized spacial score (nSPS) is 13.3. The van der Waals surface area contributed by atoms with Crippen LogP contribution < -0.4 is 10.1 Å². The molecular formula is C15H22F3NO. The molecule has 1 aromatic carbocycles. The Bertz CT molecular complexity index is 418. The van der Waals surface area contributed by atoms with Crippen LogP contribution in [0.15, 0.2) is 18.2 Å². The Kier molecular flexibility index (Phi) is 6.33. The molecular weight excluding hydrogens is 267 g/mol. The maximum absolute atomic E-state index is 12.4. The molecule has 0 spiro atoms. The Balaban J connectivity index is 2.86. The fourth-order valence-corrected chi connectivity index (χ4v) is 2.07. The summed E-state index contributed by atoms with van der Waals surface area (Å²) in [4.78, 5) is 0. The molecule has 0 saturated carbocycles. The third kappa shape index (κ3) is 5.41. The number of halogens is 3. The molecule has 5 heteroatoms. The van der Waals surface area contributed by atoms with Gasteiger partial charge >= 0.3 is 6.18 Å². The van der Waals surface area contributed by atoms with E-state index in [2.05, 4.69) is 5.32 Å². The quantitative estimate of drug-likeness (QED) is 0.804. The first-order chi connectivity index (χ1) is 9.37. The highest BCUT2D eigenvalue weighted by molar-refractivity contribution is 5.37. The summed E-state index contributed by atoms with van der Waals surface area (Å²) in [5.41, 5.74) is 1.81. The van der Waals surface area contributed by atoms with Gasteiger partial charge in [-0.2, -0.15) is 13.2 Å². The van der Waals surface area contributed by atoms with Gasteiger partial charge in [-0.3, -0.25) is 0 Å². The molecule has 0 amide bonds. The topological polar surface area (TPSA) is 21.3 Å². The minimum atomic E-state index is -4.12. The van der Waals surface area contributed by atoms with E-state index >= 15 is 0 Å². The maximum Gasteiger partial charge on any atom is 0.389 e. The summed E-state index contributed by atoms with van der Waals surface area (Å²) in [7, 11) is 1.57. The molecule has 20 heavy (non-hydrogen) atoms. The first-order valence-corrected chi connectivity index (χ1v) is 6.82. The molecule has 0 aliphatic heterocycles. The van der Waals surface area contributed by atoms with Gasteiger partial charge in [0.15, 0.2) is 0 Å². The zero-order valence-corrected chi connectivity index (χ0v) is 12.2. The van der Waals surface area contributed by atoms with Crippen LogP contribution in [0.3, 0.4) is 0 Å². The van der Waals surface area contributed by atoms with Gasteiger partial charge in [0.05, 0.1) is 7.11 Å². The van der Waals surface area contributed by atoms with Crippen LogP contribution in [0.4, 0.5) is 13.2 Å². The second-order valence-electron chi connectivity index (χ2n) is 4.89. The van der Waals surface area contributed by atoms with E-state index in [9.17, 15) is 13.2 Å². The van der Waals surface area contributed by atoms with Crippen LogP contribution >= 0.6 is 0 Å². The Morgan fingerprint density at radius 2 is 2.00 bits per heavy atom. The predicted octanol–water partition coefficient (Wildman–Crippen LogP) is 4.39. The van der Waals surface area contributed by atoms with Crippen molar-refractivity contribution in [3.8, 4) is 5.75 Å². The maximum atomic E-state index is 12.4. The second kappa shape index (κ2) is 7.53. The van der Waals surface area contributed by atoms with E-state index in [1.807, 2.05) is 32.0 Å². The Morgan fingerprint density at radius 1 is 1.30 bits per heavy atom. The lowest BCUT2D eigenvalue weighted by atomic mass is 9.99. The highest BCUT2D eigenvalue weighted by atomic mass is 19.4. The van der Waals surface area contributed by atoms with Gasteiger partial charge in [-0.05, 0) is 43.5 Å². The molecule has 0 heterocycles. The lowest BCUT2D eigenvalue weighted by molar-refractivity contribution is -0.136. The lowest BCUT2D eigenvalue weighted by Gasteiger charge is -2.21. The zero-order valence-electron chi connectivity index (χ0n) is 12.2. The third-order valence-corrected chi connectivity index (χ3v) is 3.19. The van der Waals surface area contributed by atoms with Gasteiger partial charge in [0.2, 0.25) is 0 Å². The van der Waals surface area contributed by atoms with Crippen molar-refractivity contribution in [1.82, 2.24) is 5.32 Å². The summed E-state index contributed by atoms with van der Waals surface area (Å²) in [6, 6.07) is 5.26. The molecule has 0 aliphatic rings. The first-order valence-electron chi connectivity index (χ1n) is 6.82. The van der Waals surface area contributed by atoms with E-state index in [0.29, 0.717) is 12.3 Å². The number of ether oxygens (including phenoxy) is 1. The number of hydrogen-bond donors (Lipinski definition) is 1. The van der Waals surface area contributed by atoms with Crippen LogP contribution in [0.1, 0.15) is 43.4 Å². The van der Waals surface area contributed by atoms with Gasteiger partial charge in [0, 0.05) is 12.5 Å². The van der Waals surface area contributed by atoms with Crippen molar-refractivity contribution < 1.29 is 17.9 Å². The van der Waals surface area contributed by atoms with Gasteiger partial charge in [-0.1, -0.05) is 19.1 Å². The van der Waals surface area contributed by atoms with Gasteiger partial charge in [0.1, 0.15) is 5.75 Å². The predicted molar refractivity (Wildman–Crippen MR) is 74.1 cm³/mol. The SMILES string of the molecule is CCCNC(CCC(F)(F)F)c1ccc(C)c(OC)c1. The molecule has 0 aromatic heterocycles. The highest BCUT2D eigenvalue weighted by Crippen LogP contribution is 2.30.